The molecule has 4 heterocycles. The molecule has 2 aromatic heterocycles. The maximum Gasteiger partial charge on any atom is 0.237 e. The number of rotatable bonds is 6. The topological polar surface area (TPSA) is 102 Å². The molecule has 1 aromatic carbocycles. The van der Waals surface area contributed by atoms with E-state index in [1.165, 1.54) is 5.69 Å². The van der Waals surface area contributed by atoms with E-state index in [1.54, 1.807) is 11.1 Å². The standard InChI is InChI=1S/C27H31N7O2/c1-3-32-12-14-33(15-13-32)22-6-4-21(5-7-22)30-27-29-17-19(2)26(31-27)23-16-20-9-11-34(18-24(20)36-23)25(35)8-10-28/h4-7,16-17H,3,8-9,11-15,18H2,1-2H3,(H,29,30,31). The van der Waals surface area contributed by atoms with E-state index in [-0.39, 0.29) is 12.3 Å². The van der Waals surface area contributed by atoms with Crippen LogP contribution < -0.4 is 10.2 Å². The fourth-order valence-corrected chi connectivity index (χ4v) is 4.79. The van der Waals surface area contributed by atoms with Crippen molar-refractivity contribution in [3.8, 4) is 17.5 Å². The number of carbonyl (C=O) groups is 1. The molecule has 1 amide bonds. The zero-order chi connectivity index (χ0) is 25.1. The molecule has 0 unspecified atom stereocenters. The van der Waals surface area contributed by atoms with E-state index in [0.717, 1.165) is 61.0 Å². The minimum atomic E-state index is -0.167. The van der Waals surface area contributed by atoms with Gasteiger partial charge in [-0.25, -0.2) is 9.97 Å². The van der Waals surface area contributed by atoms with Crippen LogP contribution in [-0.2, 0) is 17.8 Å². The number of hydrogen-bond donors (Lipinski definition) is 1. The van der Waals surface area contributed by atoms with Crippen molar-refractivity contribution in [1.29, 1.82) is 5.26 Å². The van der Waals surface area contributed by atoms with E-state index < -0.39 is 0 Å². The molecule has 0 atom stereocenters. The zero-order valence-electron chi connectivity index (χ0n) is 20.8. The highest BCUT2D eigenvalue weighted by atomic mass is 16.3. The van der Waals surface area contributed by atoms with Crippen molar-refractivity contribution in [2.75, 3.05) is 49.5 Å². The lowest BCUT2D eigenvalue weighted by Crippen LogP contribution is -2.46. The summed E-state index contributed by atoms with van der Waals surface area (Å²) in [6.45, 7) is 10.5. The number of nitrogens with zero attached hydrogens (tertiary/aromatic N) is 6. The molecule has 9 heteroatoms. The SMILES string of the molecule is CCN1CCN(c2ccc(Nc3ncc(C)c(-c4cc5c(o4)CN(C(=O)CC#N)CC5)n3)cc2)CC1. The molecule has 0 spiro atoms. The molecular formula is C27H31N7O2. The lowest BCUT2D eigenvalue weighted by Gasteiger charge is -2.35. The summed E-state index contributed by atoms with van der Waals surface area (Å²) in [7, 11) is 0. The third-order valence-corrected chi connectivity index (χ3v) is 6.98. The number of amides is 1. The van der Waals surface area contributed by atoms with Gasteiger partial charge >= 0.3 is 0 Å². The molecule has 1 N–H and O–H groups in total. The summed E-state index contributed by atoms with van der Waals surface area (Å²) in [5.41, 5.74) is 4.86. The molecule has 9 nitrogen and oxygen atoms in total. The van der Waals surface area contributed by atoms with Gasteiger partial charge in [-0.3, -0.25) is 4.79 Å². The molecule has 5 rings (SSSR count). The number of hydrogen-bond acceptors (Lipinski definition) is 8. The summed E-state index contributed by atoms with van der Waals surface area (Å²) in [4.78, 5) is 27.9. The van der Waals surface area contributed by atoms with E-state index in [9.17, 15) is 4.79 Å². The molecule has 0 aliphatic carbocycles. The molecule has 0 saturated carbocycles. The number of piperazine rings is 1. The number of nitriles is 1. The molecule has 1 saturated heterocycles. The first-order valence-corrected chi connectivity index (χ1v) is 12.5. The predicted molar refractivity (Wildman–Crippen MR) is 138 cm³/mol. The summed E-state index contributed by atoms with van der Waals surface area (Å²) in [6.07, 6.45) is 2.38. The number of aryl methyl sites for hydroxylation is 1. The highest BCUT2D eigenvalue weighted by molar-refractivity contribution is 5.78. The van der Waals surface area contributed by atoms with E-state index >= 15 is 0 Å². The summed E-state index contributed by atoms with van der Waals surface area (Å²) in [6, 6.07) is 12.3. The summed E-state index contributed by atoms with van der Waals surface area (Å²) in [5.74, 6) is 1.75. The Balaban J connectivity index is 1.28. The Morgan fingerprint density at radius 3 is 2.67 bits per heavy atom. The fourth-order valence-electron chi connectivity index (χ4n) is 4.79. The van der Waals surface area contributed by atoms with Crippen LogP contribution in [0.2, 0.25) is 0 Å². The first-order valence-electron chi connectivity index (χ1n) is 12.5. The van der Waals surface area contributed by atoms with Crippen LogP contribution >= 0.6 is 0 Å². The lowest BCUT2D eigenvalue weighted by atomic mass is 10.1. The van der Waals surface area contributed by atoms with Crippen molar-refractivity contribution in [2.24, 2.45) is 0 Å². The number of fused-ring (bicyclic) bond motifs is 1. The number of carbonyl (C=O) groups excluding carboxylic acids is 1. The Labute approximate surface area is 211 Å². The van der Waals surface area contributed by atoms with E-state index in [2.05, 4.69) is 51.3 Å². The summed E-state index contributed by atoms with van der Waals surface area (Å²) in [5, 5.41) is 12.1. The number of nitrogens with one attached hydrogen (secondary N) is 1. The Hall–Kier alpha value is -3.90. The highest BCUT2D eigenvalue weighted by Gasteiger charge is 2.25. The lowest BCUT2D eigenvalue weighted by molar-refractivity contribution is -0.131. The second-order valence-corrected chi connectivity index (χ2v) is 9.28. The first kappa shape index (κ1) is 23.8. The van der Waals surface area contributed by atoms with Gasteiger partial charge in [0.15, 0.2) is 5.76 Å². The van der Waals surface area contributed by atoms with Gasteiger partial charge in [-0.15, -0.1) is 0 Å². The molecule has 1 fully saturated rings. The molecule has 0 radical (unpaired) electrons. The molecule has 3 aromatic rings. The predicted octanol–water partition coefficient (Wildman–Crippen LogP) is 3.73. The van der Waals surface area contributed by atoms with Crippen LogP contribution in [0.1, 0.15) is 30.2 Å². The largest absolute Gasteiger partial charge is 0.457 e. The van der Waals surface area contributed by atoms with Gasteiger partial charge in [-0.1, -0.05) is 6.92 Å². The van der Waals surface area contributed by atoms with Crippen molar-refractivity contribution in [3.63, 3.8) is 0 Å². The molecule has 36 heavy (non-hydrogen) atoms. The van der Waals surface area contributed by atoms with Gasteiger partial charge in [0.2, 0.25) is 11.9 Å². The molecule has 2 aliphatic heterocycles. The van der Waals surface area contributed by atoms with Crippen molar-refractivity contribution in [3.05, 3.63) is 53.4 Å². The van der Waals surface area contributed by atoms with Crippen LogP contribution in [0, 0.1) is 18.3 Å². The molecular weight excluding hydrogens is 454 g/mol. The Bertz CT molecular complexity index is 1270. The smallest absolute Gasteiger partial charge is 0.237 e. The van der Waals surface area contributed by atoms with Gasteiger partial charge in [0.1, 0.15) is 17.9 Å². The number of benzene rings is 1. The Morgan fingerprint density at radius 2 is 1.94 bits per heavy atom. The molecule has 2 aliphatic rings. The molecule has 0 bridgehead atoms. The van der Waals surface area contributed by atoms with Crippen molar-refractivity contribution in [2.45, 2.75) is 33.2 Å². The van der Waals surface area contributed by atoms with Gasteiger partial charge in [0.25, 0.3) is 0 Å². The monoisotopic (exact) mass is 485 g/mol. The van der Waals surface area contributed by atoms with Crippen LogP contribution in [0.4, 0.5) is 17.3 Å². The third kappa shape index (κ3) is 5.04. The summed E-state index contributed by atoms with van der Waals surface area (Å²) >= 11 is 0. The van der Waals surface area contributed by atoms with Crippen LogP contribution in [0.3, 0.4) is 0 Å². The molecule has 186 valence electrons. The normalized spacial score (nSPS) is 15.9. The minimum Gasteiger partial charge on any atom is -0.457 e. The van der Waals surface area contributed by atoms with Crippen molar-refractivity contribution in [1.82, 2.24) is 19.8 Å². The Morgan fingerprint density at radius 1 is 1.17 bits per heavy atom. The second-order valence-electron chi connectivity index (χ2n) is 9.28. The van der Waals surface area contributed by atoms with Gasteiger partial charge in [0, 0.05) is 50.3 Å². The van der Waals surface area contributed by atoms with Crippen LogP contribution in [0.5, 0.6) is 0 Å². The van der Waals surface area contributed by atoms with Crippen LogP contribution in [-0.4, -0.2) is 64.9 Å². The maximum atomic E-state index is 12.1. The van der Waals surface area contributed by atoms with Crippen LogP contribution in [0.15, 0.2) is 40.9 Å². The number of likely N-dealkylation sites (N-methyl/N-ethyl adjacent to an activating group) is 1. The minimum absolute atomic E-state index is 0.112. The Kier molecular flexibility index (Phi) is 6.87. The number of furan rings is 1. The quantitative estimate of drug-likeness (QED) is 0.564. The van der Waals surface area contributed by atoms with E-state index in [0.29, 0.717) is 31.2 Å². The second kappa shape index (κ2) is 10.4. The van der Waals surface area contributed by atoms with Crippen molar-refractivity contribution < 1.29 is 9.21 Å². The van der Waals surface area contributed by atoms with Gasteiger partial charge in [-0.2, -0.15) is 5.26 Å². The average Bonchev–Trinajstić information content (AvgIpc) is 3.34. The number of aromatic nitrogens is 2. The fraction of sp³-hybridized carbons (Fsp3) is 0.407. The highest BCUT2D eigenvalue weighted by Crippen LogP contribution is 2.31. The summed E-state index contributed by atoms with van der Waals surface area (Å²) < 4.78 is 6.13. The van der Waals surface area contributed by atoms with Gasteiger partial charge in [-0.05, 0) is 61.3 Å². The third-order valence-electron chi connectivity index (χ3n) is 6.98. The van der Waals surface area contributed by atoms with E-state index in [4.69, 9.17) is 14.7 Å². The maximum absolute atomic E-state index is 12.1. The average molecular weight is 486 g/mol. The van der Waals surface area contributed by atoms with Crippen LogP contribution in [0.25, 0.3) is 11.5 Å². The number of anilines is 3. The zero-order valence-corrected chi connectivity index (χ0v) is 20.8. The first-order chi connectivity index (χ1) is 17.5. The van der Waals surface area contributed by atoms with E-state index in [1.807, 2.05) is 19.1 Å². The van der Waals surface area contributed by atoms with Crippen molar-refractivity contribution >= 4 is 23.2 Å². The van der Waals surface area contributed by atoms with Gasteiger partial charge < -0.3 is 24.4 Å². The van der Waals surface area contributed by atoms with Gasteiger partial charge in [0.05, 0.1) is 12.6 Å².